The van der Waals surface area contributed by atoms with Gasteiger partial charge in [-0.05, 0) is 43.2 Å². The number of aromatic nitrogens is 3. The monoisotopic (exact) mass is 282 g/mol. The molecule has 0 saturated heterocycles. The number of pyridine rings is 1. The Bertz CT molecular complexity index is 750. The summed E-state index contributed by atoms with van der Waals surface area (Å²) in [5.74, 6) is 0.666. The highest BCUT2D eigenvalue weighted by Crippen LogP contribution is 2.23. The molecular weight excluding hydrogens is 264 g/mol. The van der Waals surface area contributed by atoms with Crippen LogP contribution in [0.1, 0.15) is 24.4 Å². The van der Waals surface area contributed by atoms with Crippen molar-refractivity contribution < 1.29 is 5.11 Å². The smallest absolute Gasteiger partial charge is 0.138 e. The second-order valence-corrected chi connectivity index (χ2v) is 5.16. The van der Waals surface area contributed by atoms with E-state index in [2.05, 4.69) is 9.97 Å². The summed E-state index contributed by atoms with van der Waals surface area (Å²) in [5.41, 5.74) is 9.45. The van der Waals surface area contributed by atoms with Gasteiger partial charge >= 0.3 is 0 Å². The molecule has 5 heteroatoms. The molecule has 21 heavy (non-hydrogen) atoms. The number of aryl methyl sites for hydroxylation is 2. The molecule has 0 radical (unpaired) electrons. The van der Waals surface area contributed by atoms with Crippen molar-refractivity contribution in [1.82, 2.24) is 14.5 Å². The molecule has 1 aromatic carbocycles. The minimum atomic E-state index is -0.618. The largest absolute Gasteiger partial charge is 0.399 e. The van der Waals surface area contributed by atoms with Gasteiger partial charge in [0.2, 0.25) is 0 Å². The van der Waals surface area contributed by atoms with Gasteiger partial charge in [-0.2, -0.15) is 0 Å². The van der Waals surface area contributed by atoms with Crippen LogP contribution < -0.4 is 5.73 Å². The average Bonchev–Trinajstić information content (AvgIpc) is 2.84. The predicted molar refractivity (Wildman–Crippen MR) is 82.7 cm³/mol. The summed E-state index contributed by atoms with van der Waals surface area (Å²) in [6, 6.07) is 9.62. The maximum absolute atomic E-state index is 9.95. The van der Waals surface area contributed by atoms with Crippen LogP contribution in [0.15, 0.2) is 42.7 Å². The van der Waals surface area contributed by atoms with Gasteiger partial charge in [-0.1, -0.05) is 6.07 Å². The van der Waals surface area contributed by atoms with Gasteiger partial charge < -0.3 is 15.4 Å². The van der Waals surface area contributed by atoms with Crippen molar-refractivity contribution in [2.24, 2.45) is 0 Å². The van der Waals surface area contributed by atoms with E-state index in [0.717, 1.165) is 29.6 Å². The molecule has 0 spiro atoms. The molecule has 5 nitrogen and oxygen atoms in total. The lowest BCUT2D eigenvalue weighted by molar-refractivity contribution is 0.184. The average molecular weight is 282 g/mol. The zero-order chi connectivity index (χ0) is 14.8. The van der Waals surface area contributed by atoms with Crippen LogP contribution in [-0.4, -0.2) is 19.6 Å². The summed E-state index contributed by atoms with van der Waals surface area (Å²) in [6.45, 7) is 2.47. The summed E-state index contributed by atoms with van der Waals surface area (Å²) in [4.78, 5) is 8.63. The number of anilines is 1. The van der Waals surface area contributed by atoms with Crippen molar-refractivity contribution in [2.45, 2.75) is 26.0 Å². The van der Waals surface area contributed by atoms with Gasteiger partial charge in [-0.3, -0.25) is 4.98 Å². The molecule has 0 aliphatic heterocycles. The quantitative estimate of drug-likeness (QED) is 0.720. The van der Waals surface area contributed by atoms with Crippen LogP contribution in [0, 0.1) is 0 Å². The summed E-state index contributed by atoms with van der Waals surface area (Å²) < 4.78 is 2.05. The molecule has 108 valence electrons. The van der Waals surface area contributed by atoms with Crippen molar-refractivity contribution in [3.63, 3.8) is 0 Å². The van der Waals surface area contributed by atoms with Crippen molar-refractivity contribution in [3.05, 3.63) is 54.1 Å². The summed E-state index contributed by atoms with van der Waals surface area (Å²) >= 11 is 0. The first-order valence-electron chi connectivity index (χ1n) is 6.98. The Hall–Kier alpha value is -2.40. The first-order valence-corrected chi connectivity index (χ1v) is 6.98. The van der Waals surface area contributed by atoms with E-state index in [0.29, 0.717) is 11.5 Å². The van der Waals surface area contributed by atoms with Gasteiger partial charge in [-0.25, -0.2) is 4.98 Å². The maximum Gasteiger partial charge on any atom is 0.138 e. The van der Waals surface area contributed by atoms with Gasteiger partial charge in [0, 0.05) is 24.6 Å². The van der Waals surface area contributed by atoms with E-state index in [1.807, 2.05) is 41.1 Å². The van der Waals surface area contributed by atoms with Crippen LogP contribution in [0.3, 0.4) is 0 Å². The Morgan fingerprint density at radius 2 is 2.19 bits per heavy atom. The zero-order valence-corrected chi connectivity index (χ0v) is 11.9. The first-order chi connectivity index (χ1) is 10.1. The molecule has 3 aromatic rings. The van der Waals surface area contributed by atoms with Crippen molar-refractivity contribution in [2.75, 3.05) is 5.73 Å². The molecule has 1 atom stereocenters. The third kappa shape index (κ3) is 2.73. The molecule has 0 aliphatic rings. The predicted octanol–water partition coefficient (Wildman–Crippen LogP) is 2.31. The fourth-order valence-electron chi connectivity index (χ4n) is 2.51. The van der Waals surface area contributed by atoms with E-state index >= 15 is 0 Å². The Balaban J connectivity index is 1.97. The maximum atomic E-state index is 9.95. The molecule has 3 rings (SSSR count). The Kier molecular flexibility index (Phi) is 3.58. The Morgan fingerprint density at radius 1 is 1.33 bits per heavy atom. The lowest BCUT2D eigenvalue weighted by Gasteiger charge is -2.11. The fourth-order valence-corrected chi connectivity index (χ4v) is 2.51. The van der Waals surface area contributed by atoms with Gasteiger partial charge in [0.1, 0.15) is 11.9 Å². The molecule has 0 amide bonds. The van der Waals surface area contributed by atoms with E-state index in [-0.39, 0.29) is 0 Å². The van der Waals surface area contributed by atoms with Crippen LogP contribution in [0.25, 0.3) is 11.0 Å². The highest BCUT2D eigenvalue weighted by atomic mass is 16.3. The van der Waals surface area contributed by atoms with Crippen molar-refractivity contribution >= 4 is 16.7 Å². The second kappa shape index (κ2) is 5.54. The molecule has 0 aliphatic carbocycles. The topological polar surface area (TPSA) is 77.0 Å². The summed E-state index contributed by atoms with van der Waals surface area (Å²) in [5, 5.41) is 9.95. The number of imidazole rings is 1. The third-order valence-electron chi connectivity index (χ3n) is 3.52. The first kappa shape index (κ1) is 13.6. The van der Waals surface area contributed by atoms with Gasteiger partial charge in [-0.15, -0.1) is 0 Å². The number of hydrogen-bond acceptors (Lipinski definition) is 4. The molecule has 1 unspecified atom stereocenters. The number of nitrogens with zero attached hydrogens (tertiary/aromatic N) is 3. The third-order valence-corrected chi connectivity index (χ3v) is 3.52. The number of aliphatic hydroxyl groups excluding tert-OH is 1. The van der Waals surface area contributed by atoms with Crippen LogP contribution >= 0.6 is 0 Å². The highest BCUT2D eigenvalue weighted by molar-refractivity contribution is 5.79. The van der Waals surface area contributed by atoms with E-state index in [1.165, 1.54) is 0 Å². The Morgan fingerprint density at radius 3 is 2.90 bits per heavy atom. The van der Waals surface area contributed by atoms with Gasteiger partial charge in [0.25, 0.3) is 0 Å². The number of fused-ring (bicyclic) bond motifs is 1. The minimum absolute atomic E-state index is 0.618. The van der Waals surface area contributed by atoms with Crippen LogP contribution in [0.4, 0.5) is 5.69 Å². The molecule has 0 bridgehead atoms. The zero-order valence-electron chi connectivity index (χ0n) is 11.9. The van der Waals surface area contributed by atoms with E-state index in [9.17, 15) is 5.11 Å². The number of nitrogens with two attached hydrogens (primary N) is 1. The summed E-state index contributed by atoms with van der Waals surface area (Å²) in [6.07, 6.45) is 3.84. The normalized spacial score (nSPS) is 12.7. The number of hydrogen-bond donors (Lipinski definition) is 2. The highest BCUT2D eigenvalue weighted by Gasteiger charge is 2.14. The number of aliphatic hydroxyl groups is 1. The fraction of sp³-hybridized carbons (Fsp3) is 0.250. The van der Waals surface area contributed by atoms with Crippen molar-refractivity contribution in [1.29, 1.82) is 0 Å². The van der Waals surface area contributed by atoms with Crippen LogP contribution in [-0.2, 0) is 13.0 Å². The molecule has 3 N–H and O–H groups in total. The SMILES string of the molecule is CC(O)c1nc2cc(N)ccc2n1CCc1cccnc1. The van der Waals surface area contributed by atoms with Crippen LogP contribution in [0.2, 0.25) is 0 Å². The van der Waals surface area contributed by atoms with E-state index in [4.69, 9.17) is 5.73 Å². The number of nitrogen functional groups attached to an aromatic ring is 1. The standard InChI is InChI=1S/C16H18N4O/c1-11(21)16-19-14-9-13(17)4-5-15(14)20(16)8-6-12-3-2-7-18-10-12/h2-5,7,9-11,21H,6,8,17H2,1H3. The number of rotatable bonds is 4. The van der Waals surface area contributed by atoms with E-state index < -0.39 is 6.10 Å². The molecule has 0 saturated carbocycles. The minimum Gasteiger partial charge on any atom is -0.399 e. The second-order valence-electron chi connectivity index (χ2n) is 5.16. The molecular formula is C16H18N4O. The van der Waals surface area contributed by atoms with Crippen molar-refractivity contribution in [3.8, 4) is 0 Å². The van der Waals surface area contributed by atoms with E-state index in [1.54, 1.807) is 13.1 Å². The molecule has 0 fully saturated rings. The molecule has 2 heterocycles. The lowest BCUT2D eigenvalue weighted by atomic mass is 10.2. The van der Waals surface area contributed by atoms with Crippen LogP contribution in [0.5, 0.6) is 0 Å². The lowest BCUT2D eigenvalue weighted by Crippen LogP contribution is -2.09. The Labute approximate surface area is 123 Å². The molecule has 2 aromatic heterocycles. The number of benzene rings is 1. The van der Waals surface area contributed by atoms with Gasteiger partial charge in [0.15, 0.2) is 0 Å². The van der Waals surface area contributed by atoms with Gasteiger partial charge in [0.05, 0.1) is 11.0 Å². The summed E-state index contributed by atoms with van der Waals surface area (Å²) in [7, 11) is 0.